The van der Waals surface area contributed by atoms with Gasteiger partial charge in [-0.2, -0.15) is 0 Å². The second kappa shape index (κ2) is 15.1. The summed E-state index contributed by atoms with van der Waals surface area (Å²) in [6, 6.07) is 65.0. The van der Waals surface area contributed by atoms with Gasteiger partial charge in [-0.3, -0.25) is 0 Å². The maximum atomic E-state index is 6.82. The summed E-state index contributed by atoms with van der Waals surface area (Å²) in [5, 5.41) is 2.45. The molecular weight excluding hydrogens is 787 g/mol. The average Bonchev–Trinajstić information content (AvgIpc) is 3.78. The number of hydrogen-bond donors (Lipinski definition) is 0. The van der Waals surface area contributed by atoms with Gasteiger partial charge in [0.1, 0.15) is 11.4 Å². The number of hydrogen-bond acceptors (Lipinski definition) is 2. The van der Waals surface area contributed by atoms with Crippen LogP contribution in [0.3, 0.4) is 0 Å². The van der Waals surface area contributed by atoms with E-state index < -0.39 is 5.60 Å². The number of benzene rings is 8. The predicted molar refractivity (Wildman–Crippen MR) is 273 cm³/mol. The van der Waals surface area contributed by atoms with Gasteiger partial charge in [0, 0.05) is 33.6 Å². The molecule has 12 rings (SSSR count). The molecule has 0 radical (unpaired) electrons. The molecule has 0 amide bonds. The number of fused-ring (bicyclic) bond motifs is 6. The number of ether oxygens (including phenoxy) is 1. The Labute approximate surface area is 383 Å². The summed E-state index contributed by atoms with van der Waals surface area (Å²) in [5.74, 6) is 1.54. The van der Waals surface area contributed by atoms with E-state index in [-0.39, 0.29) is 11.3 Å². The number of rotatable bonds is 7. The summed E-state index contributed by atoms with van der Waals surface area (Å²) < 4.78 is 6.82. The maximum Gasteiger partial charge on any atom is 0.135 e. The molecule has 8 aromatic rings. The van der Waals surface area contributed by atoms with Crippen molar-refractivity contribution in [3.63, 3.8) is 0 Å². The molecule has 0 bridgehead atoms. The zero-order chi connectivity index (χ0) is 43.9. The Balaban J connectivity index is 1.15. The van der Waals surface area contributed by atoms with Crippen LogP contribution >= 0.6 is 0 Å². The van der Waals surface area contributed by atoms with Gasteiger partial charge >= 0.3 is 0 Å². The van der Waals surface area contributed by atoms with E-state index in [1.54, 1.807) is 5.57 Å². The van der Waals surface area contributed by atoms with Gasteiger partial charge < -0.3 is 9.64 Å². The molecule has 0 N–H and O–H groups in total. The Morgan fingerprint density at radius 2 is 1.09 bits per heavy atom. The van der Waals surface area contributed by atoms with E-state index in [1.807, 2.05) is 0 Å². The molecule has 314 valence electrons. The van der Waals surface area contributed by atoms with Gasteiger partial charge in [-0.25, -0.2) is 0 Å². The van der Waals surface area contributed by atoms with Crippen LogP contribution in [0, 0.1) is 5.92 Å². The first-order chi connectivity index (χ1) is 31.8. The Morgan fingerprint density at radius 3 is 1.82 bits per heavy atom. The largest absolute Gasteiger partial charge is 0.482 e. The van der Waals surface area contributed by atoms with Crippen LogP contribution in [-0.4, -0.2) is 5.60 Å². The van der Waals surface area contributed by atoms with Gasteiger partial charge in [0.05, 0.1) is 17.1 Å². The van der Waals surface area contributed by atoms with Gasteiger partial charge in [0.25, 0.3) is 0 Å². The number of anilines is 3. The Morgan fingerprint density at radius 1 is 0.523 bits per heavy atom. The molecule has 2 heteroatoms. The van der Waals surface area contributed by atoms with Crippen molar-refractivity contribution >= 4 is 33.4 Å². The van der Waals surface area contributed by atoms with Crippen molar-refractivity contribution in [3.05, 3.63) is 235 Å². The molecule has 2 nitrogen and oxygen atoms in total. The van der Waals surface area contributed by atoms with E-state index in [4.69, 9.17) is 4.74 Å². The molecule has 0 aromatic heterocycles. The van der Waals surface area contributed by atoms with Crippen LogP contribution in [0.5, 0.6) is 5.75 Å². The zero-order valence-electron chi connectivity index (χ0n) is 37.4. The summed E-state index contributed by atoms with van der Waals surface area (Å²) in [7, 11) is 0. The second-order valence-electron chi connectivity index (χ2n) is 19.0. The first-order valence-electron chi connectivity index (χ1n) is 23.2. The molecule has 1 heterocycles. The third kappa shape index (κ3) is 6.15. The van der Waals surface area contributed by atoms with Crippen LogP contribution in [0.15, 0.2) is 218 Å². The fourth-order valence-electron chi connectivity index (χ4n) is 11.6. The van der Waals surface area contributed by atoms with E-state index in [2.05, 4.69) is 245 Å². The van der Waals surface area contributed by atoms with Crippen LogP contribution < -0.4 is 9.64 Å². The van der Waals surface area contributed by atoms with E-state index in [1.165, 1.54) is 66.4 Å². The van der Waals surface area contributed by atoms with Gasteiger partial charge in [-0.05, 0) is 105 Å². The minimum absolute atomic E-state index is 0.0641. The highest BCUT2D eigenvalue weighted by molar-refractivity contribution is 6.10. The predicted octanol–water partition coefficient (Wildman–Crippen LogP) is 17.0. The van der Waals surface area contributed by atoms with Gasteiger partial charge in [-0.1, -0.05) is 208 Å². The van der Waals surface area contributed by atoms with Crippen molar-refractivity contribution in [1.82, 2.24) is 0 Å². The number of nitrogens with zero attached hydrogens (tertiary/aromatic N) is 1. The minimum atomic E-state index is -0.452. The van der Waals surface area contributed by atoms with Gasteiger partial charge in [0.2, 0.25) is 0 Å². The van der Waals surface area contributed by atoms with Crippen LogP contribution in [0.1, 0.15) is 56.7 Å². The Hall–Kier alpha value is -7.42. The van der Waals surface area contributed by atoms with E-state index >= 15 is 0 Å². The van der Waals surface area contributed by atoms with E-state index in [9.17, 15) is 0 Å². The fraction of sp³-hybridized carbons (Fsp3) is 0.143. The molecule has 4 aliphatic rings. The number of para-hydroxylation sites is 3. The Kier molecular flexibility index (Phi) is 9.11. The maximum absolute atomic E-state index is 6.82. The highest BCUT2D eigenvalue weighted by Gasteiger charge is 2.44. The highest BCUT2D eigenvalue weighted by Crippen LogP contribution is 2.57. The minimum Gasteiger partial charge on any atom is -0.482 e. The van der Waals surface area contributed by atoms with Crippen molar-refractivity contribution in [3.8, 4) is 50.3 Å². The van der Waals surface area contributed by atoms with Crippen LogP contribution in [0.2, 0.25) is 0 Å². The summed E-state index contributed by atoms with van der Waals surface area (Å²) >= 11 is 0. The summed E-state index contributed by atoms with van der Waals surface area (Å²) in [6.07, 6.45) is 14.7. The van der Waals surface area contributed by atoms with Gasteiger partial charge in [-0.15, -0.1) is 0 Å². The monoisotopic (exact) mass is 837 g/mol. The van der Waals surface area contributed by atoms with Crippen LogP contribution in [-0.2, 0) is 5.41 Å². The lowest BCUT2D eigenvalue weighted by Gasteiger charge is -2.33. The SMILES string of the molecule is CC1C=CC2=C(C1)C(C)(C)c1cccc(-c3ccccc3N(c3ccccc3-c3cccc4c3C3C=CC=CC3(C)O4)c3ccccc3-c3cccc4cccc(-c5ccccc5)c34)c12. The smallest absolute Gasteiger partial charge is 0.135 e. The molecule has 3 unspecified atom stereocenters. The quantitative estimate of drug-likeness (QED) is 0.159. The van der Waals surface area contributed by atoms with E-state index in [0.29, 0.717) is 5.92 Å². The van der Waals surface area contributed by atoms with Crippen molar-refractivity contribution < 1.29 is 4.74 Å². The standard InChI is InChI=1S/C63H51NO/c1-41-37-38-51-54(40-41)62(2,3)52-32-18-29-49(60(51)52)46-25-9-12-34-56(46)64(57-35-13-10-26-47(57)50-30-19-36-58-61(50)53-31-14-15-39-63(53,4)65-58)55-33-11-8-24-45(55)48-28-17-23-43-22-16-27-44(59(43)48)42-20-6-5-7-21-42/h5-39,41,53H,40H2,1-4H3. The van der Waals surface area contributed by atoms with E-state index in [0.717, 1.165) is 40.4 Å². The van der Waals surface area contributed by atoms with Crippen LogP contribution in [0.4, 0.5) is 17.1 Å². The van der Waals surface area contributed by atoms with Crippen molar-refractivity contribution in [2.24, 2.45) is 5.92 Å². The second-order valence-corrected chi connectivity index (χ2v) is 19.0. The summed E-state index contributed by atoms with van der Waals surface area (Å²) in [4.78, 5) is 2.56. The molecule has 3 aliphatic carbocycles. The molecule has 3 atom stereocenters. The normalized spacial score (nSPS) is 19.7. The average molecular weight is 838 g/mol. The first kappa shape index (κ1) is 39.2. The molecule has 8 aromatic carbocycles. The molecule has 0 spiro atoms. The molecule has 0 fully saturated rings. The first-order valence-corrected chi connectivity index (χ1v) is 23.2. The molecule has 0 saturated carbocycles. The third-order valence-electron chi connectivity index (χ3n) is 14.7. The van der Waals surface area contributed by atoms with Crippen molar-refractivity contribution in [2.75, 3.05) is 4.90 Å². The third-order valence-corrected chi connectivity index (χ3v) is 14.7. The van der Waals surface area contributed by atoms with Crippen molar-refractivity contribution in [1.29, 1.82) is 0 Å². The highest BCUT2D eigenvalue weighted by atomic mass is 16.5. The molecular formula is C63H51NO. The zero-order valence-corrected chi connectivity index (χ0v) is 37.4. The van der Waals surface area contributed by atoms with Crippen LogP contribution in [0.25, 0.3) is 60.9 Å². The van der Waals surface area contributed by atoms with Crippen molar-refractivity contribution in [2.45, 2.75) is 51.0 Å². The molecule has 1 aliphatic heterocycles. The molecule has 65 heavy (non-hydrogen) atoms. The lowest BCUT2D eigenvalue weighted by Crippen LogP contribution is -2.32. The lowest BCUT2D eigenvalue weighted by atomic mass is 9.76. The topological polar surface area (TPSA) is 12.5 Å². The summed E-state index contributed by atoms with van der Waals surface area (Å²) in [6.45, 7) is 9.40. The van der Waals surface area contributed by atoms with Gasteiger partial charge in [0.15, 0.2) is 0 Å². The Bertz CT molecular complexity index is 3340. The summed E-state index contributed by atoms with van der Waals surface area (Å²) in [5.41, 5.74) is 19.3. The lowest BCUT2D eigenvalue weighted by molar-refractivity contribution is 0.155. The fourth-order valence-corrected chi connectivity index (χ4v) is 11.6. The molecule has 0 saturated heterocycles. The number of allylic oxidation sites excluding steroid dienone is 6.